The molecule has 0 saturated carbocycles. The molecule has 2 bridgehead atoms. The highest BCUT2D eigenvalue weighted by atomic mass is 35.5. The quantitative estimate of drug-likeness (QED) is 0.713. The highest BCUT2D eigenvalue weighted by Crippen LogP contribution is 2.50. The topological polar surface area (TPSA) is 63.7 Å². The molecule has 0 radical (unpaired) electrons. The van der Waals surface area contributed by atoms with E-state index in [-0.39, 0.29) is 4.90 Å². The number of rotatable bonds is 2. The highest BCUT2D eigenvalue weighted by molar-refractivity contribution is 7.92. The van der Waals surface area contributed by atoms with Gasteiger partial charge in [0.05, 0.1) is 4.90 Å². The summed E-state index contributed by atoms with van der Waals surface area (Å²) < 4.78 is 45.9. The van der Waals surface area contributed by atoms with Gasteiger partial charge in [0.1, 0.15) is 11.6 Å². The third kappa shape index (κ3) is 2.72. The summed E-state index contributed by atoms with van der Waals surface area (Å²) in [4.78, 5) is 14.3. The molecule has 1 fully saturated rings. The van der Waals surface area contributed by atoms with Crippen molar-refractivity contribution in [1.29, 1.82) is 0 Å². The van der Waals surface area contributed by atoms with E-state index >= 15 is 0 Å². The molecule has 2 aromatic carbocycles. The second-order valence-corrected chi connectivity index (χ2v) is 9.59. The Labute approximate surface area is 161 Å². The monoisotopic (exact) mass is 409 g/mol. The summed E-state index contributed by atoms with van der Waals surface area (Å²) in [6.07, 6.45) is 0.313. The standard InChI is InChI=1S/C19H17ClFNO4S/c1-19-10-15(14-9-11(20)3-8-16(14)26-19)17(18(23)22(19)2)27(24,25)13-6-4-12(21)5-7-13/h3-9,15,17H,10H2,1-2H3. The van der Waals surface area contributed by atoms with Gasteiger partial charge in [-0.2, -0.15) is 0 Å². The Hall–Kier alpha value is -2.12. The molecular weight excluding hydrogens is 393 g/mol. The Balaban J connectivity index is 1.90. The van der Waals surface area contributed by atoms with Gasteiger partial charge in [-0.3, -0.25) is 4.79 Å². The second kappa shape index (κ2) is 5.94. The summed E-state index contributed by atoms with van der Waals surface area (Å²) in [5.41, 5.74) is -0.352. The first-order chi connectivity index (χ1) is 12.6. The molecule has 142 valence electrons. The molecule has 1 amide bonds. The fraction of sp³-hybridized carbons (Fsp3) is 0.316. The Morgan fingerprint density at radius 1 is 1.22 bits per heavy atom. The number of likely N-dealkylation sites (tertiary alicyclic amines) is 1. The minimum absolute atomic E-state index is 0.0886. The van der Waals surface area contributed by atoms with Crippen LogP contribution in [0, 0.1) is 5.82 Å². The molecule has 2 aliphatic heterocycles. The highest BCUT2D eigenvalue weighted by Gasteiger charge is 2.57. The average molecular weight is 410 g/mol. The minimum atomic E-state index is -4.05. The number of halogens is 2. The summed E-state index contributed by atoms with van der Waals surface area (Å²) in [6.45, 7) is 1.76. The van der Waals surface area contributed by atoms with Crippen LogP contribution in [0.3, 0.4) is 0 Å². The summed E-state index contributed by atoms with van der Waals surface area (Å²) in [6, 6.07) is 9.51. The van der Waals surface area contributed by atoms with E-state index in [1.807, 2.05) is 0 Å². The Kier molecular flexibility index (Phi) is 4.01. The lowest BCUT2D eigenvalue weighted by Crippen LogP contribution is -2.64. The van der Waals surface area contributed by atoms with Crippen LogP contribution in [-0.4, -0.2) is 37.2 Å². The number of ether oxygens (including phenoxy) is 1. The predicted molar refractivity (Wildman–Crippen MR) is 98.0 cm³/mol. The summed E-state index contributed by atoms with van der Waals surface area (Å²) in [5.74, 6) is -1.20. The van der Waals surface area contributed by atoms with Gasteiger partial charge in [0.25, 0.3) is 0 Å². The first kappa shape index (κ1) is 18.3. The number of hydrogen-bond acceptors (Lipinski definition) is 4. The zero-order valence-electron chi connectivity index (χ0n) is 14.6. The maximum atomic E-state index is 13.3. The van der Waals surface area contributed by atoms with Crippen molar-refractivity contribution in [1.82, 2.24) is 4.90 Å². The van der Waals surface area contributed by atoms with Crippen molar-refractivity contribution in [3.63, 3.8) is 0 Å². The van der Waals surface area contributed by atoms with Crippen molar-refractivity contribution in [3.8, 4) is 5.75 Å². The molecule has 1 saturated heterocycles. The lowest BCUT2D eigenvalue weighted by atomic mass is 9.80. The molecule has 3 atom stereocenters. The Morgan fingerprint density at radius 2 is 1.89 bits per heavy atom. The number of sulfone groups is 1. The van der Waals surface area contributed by atoms with Crippen LogP contribution in [0.4, 0.5) is 4.39 Å². The van der Waals surface area contributed by atoms with Gasteiger partial charge >= 0.3 is 0 Å². The third-order valence-electron chi connectivity index (χ3n) is 5.43. The molecule has 2 heterocycles. The summed E-state index contributed by atoms with van der Waals surface area (Å²) in [5, 5.41) is -0.896. The number of carbonyl (C=O) groups is 1. The zero-order valence-corrected chi connectivity index (χ0v) is 16.2. The van der Waals surface area contributed by atoms with E-state index in [0.717, 1.165) is 12.1 Å². The molecule has 0 N–H and O–H groups in total. The van der Waals surface area contributed by atoms with Crippen LogP contribution in [0.1, 0.15) is 24.8 Å². The SMILES string of the molecule is CN1C(=O)C(S(=O)(=O)c2ccc(F)cc2)C2CC1(C)Oc1ccc(Cl)cc12. The number of carbonyl (C=O) groups excluding carboxylic acids is 1. The summed E-state index contributed by atoms with van der Waals surface area (Å²) >= 11 is 6.11. The van der Waals surface area contributed by atoms with Crippen LogP contribution in [0.2, 0.25) is 5.02 Å². The lowest BCUT2D eigenvalue weighted by molar-refractivity contribution is -0.159. The van der Waals surface area contributed by atoms with E-state index in [2.05, 4.69) is 0 Å². The van der Waals surface area contributed by atoms with Crippen LogP contribution >= 0.6 is 11.6 Å². The van der Waals surface area contributed by atoms with Crippen LogP contribution in [0.5, 0.6) is 5.75 Å². The molecule has 3 unspecified atom stereocenters. The molecule has 2 aromatic rings. The first-order valence-electron chi connectivity index (χ1n) is 8.39. The first-order valence-corrected chi connectivity index (χ1v) is 10.3. The van der Waals surface area contributed by atoms with Gasteiger partial charge in [0.15, 0.2) is 20.8 Å². The lowest BCUT2D eigenvalue weighted by Gasteiger charge is -2.51. The number of hydrogen-bond donors (Lipinski definition) is 0. The van der Waals surface area contributed by atoms with Crippen molar-refractivity contribution in [3.05, 3.63) is 58.9 Å². The molecule has 27 heavy (non-hydrogen) atoms. The van der Waals surface area contributed by atoms with Crippen LogP contribution in [0.25, 0.3) is 0 Å². The number of piperidine rings is 1. The molecule has 2 aliphatic rings. The van der Waals surface area contributed by atoms with E-state index in [0.29, 0.717) is 22.8 Å². The van der Waals surface area contributed by atoms with Gasteiger partial charge in [-0.25, -0.2) is 12.8 Å². The fourth-order valence-corrected chi connectivity index (χ4v) is 5.98. The van der Waals surface area contributed by atoms with Gasteiger partial charge in [-0.05, 0) is 49.4 Å². The Morgan fingerprint density at radius 3 is 2.56 bits per heavy atom. The van der Waals surface area contributed by atoms with Crippen molar-refractivity contribution < 1.29 is 22.3 Å². The second-order valence-electron chi connectivity index (χ2n) is 7.09. The maximum Gasteiger partial charge on any atom is 0.244 e. The van der Waals surface area contributed by atoms with Crippen molar-refractivity contribution in [2.75, 3.05) is 7.05 Å². The molecule has 5 nitrogen and oxygen atoms in total. The Bertz CT molecular complexity index is 1040. The molecule has 8 heteroatoms. The van der Waals surface area contributed by atoms with Gasteiger partial charge in [0, 0.05) is 30.0 Å². The van der Waals surface area contributed by atoms with Crippen LogP contribution in [0.15, 0.2) is 47.4 Å². The van der Waals surface area contributed by atoms with E-state index in [1.54, 1.807) is 25.1 Å². The summed E-state index contributed by atoms with van der Waals surface area (Å²) in [7, 11) is -2.52. The fourth-order valence-electron chi connectivity index (χ4n) is 3.89. The van der Waals surface area contributed by atoms with Crippen LogP contribution < -0.4 is 4.74 Å². The zero-order chi connectivity index (χ0) is 19.6. The van der Waals surface area contributed by atoms with Gasteiger partial charge < -0.3 is 9.64 Å². The normalized spacial score (nSPS) is 27.1. The minimum Gasteiger partial charge on any atom is -0.468 e. The smallest absolute Gasteiger partial charge is 0.244 e. The molecule has 0 aliphatic carbocycles. The van der Waals surface area contributed by atoms with Crippen molar-refractivity contribution >= 4 is 27.3 Å². The van der Waals surface area contributed by atoms with E-state index in [1.165, 1.54) is 24.1 Å². The molecular formula is C19H17ClFNO4S. The molecule has 4 rings (SSSR count). The van der Waals surface area contributed by atoms with E-state index < -0.39 is 38.5 Å². The third-order valence-corrected chi connectivity index (χ3v) is 7.79. The van der Waals surface area contributed by atoms with E-state index in [4.69, 9.17) is 16.3 Å². The van der Waals surface area contributed by atoms with Gasteiger partial charge in [0.2, 0.25) is 5.91 Å². The number of amides is 1. The van der Waals surface area contributed by atoms with Crippen molar-refractivity contribution in [2.24, 2.45) is 0 Å². The van der Waals surface area contributed by atoms with Gasteiger partial charge in [-0.15, -0.1) is 0 Å². The number of fused-ring (bicyclic) bond motifs is 4. The average Bonchev–Trinajstić information content (AvgIpc) is 2.61. The largest absolute Gasteiger partial charge is 0.468 e. The number of nitrogens with zero attached hydrogens (tertiary/aromatic N) is 1. The predicted octanol–water partition coefficient (Wildman–Crippen LogP) is 3.38. The molecule has 0 spiro atoms. The maximum absolute atomic E-state index is 13.3. The van der Waals surface area contributed by atoms with Gasteiger partial charge in [-0.1, -0.05) is 11.6 Å². The molecule has 0 aromatic heterocycles. The van der Waals surface area contributed by atoms with E-state index in [9.17, 15) is 17.6 Å². The number of benzene rings is 2. The van der Waals surface area contributed by atoms with Crippen molar-refractivity contribution in [2.45, 2.75) is 35.1 Å². The van der Waals surface area contributed by atoms with Crippen LogP contribution in [-0.2, 0) is 14.6 Å².